The van der Waals surface area contributed by atoms with Crippen molar-refractivity contribution in [1.29, 1.82) is 0 Å². The second kappa shape index (κ2) is 8.35. The molecule has 2 bridgehead atoms. The van der Waals surface area contributed by atoms with E-state index in [0.29, 0.717) is 5.69 Å². The van der Waals surface area contributed by atoms with Crippen LogP contribution in [0.1, 0.15) is 44.8 Å². The van der Waals surface area contributed by atoms with Gasteiger partial charge in [-0.2, -0.15) is 5.10 Å². The van der Waals surface area contributed by atoms with E-state index in [0.717, 1.165) is 5.69 Å². The Kier molecular flexibility index (Phi) is 5.20. The smallest absolute Gasteiger partial charge is 0.136 e. The normalized spacial score (nSPS) is 20.0. The summed E-state index contributed by atoms with van der Waals surface area (Å²) in [6, 6.07) is 29.9. The predicted molar refractivity (Wildman–Crippen MR) is 152 cm³/mol. The van der Waals surface area contributed by atoms with Crippen molar-refractivity contribution < 1.29 is 0 Å². The topological polar surface area (TPSA) is 25.8 Å². The van der Waals surface area contributed by atoms with Gasteiger partial charge in [0.2, 0.25) is 0 Å². The van der Waals surface area contributed by atoms with E-state index in [-0.39, 0.29) is 0 Å². The second-order valence-corrected chi connectivity index (χ2v) is 15.4. The molecule has 0 amide bonds. The number of nitrogens with zero attached hydrogens (tertiary/aromatic N) is 2. The molecule has 0 aliphatic heterocycles. The van der Waals surface area contributed by atoms with Gasteiger partial charge in [-0.1, -0.05) is 104 Å². The molecule has 0 saturated carbocycles. The highest BCUT2D eigenvalue weighted by Gasteiger charge is 2.57. The van der Waals surface area contributed by atoms with Crippen molar-refractivity contribution in [2.45, 2.75) is 37.4 Å². The molecule has 3 aliphatic carbocycles. The van der Waals surface area contributed by atoms with Gasteiger partial charge in [0, 0.05) is 0 Å². The third-order valence-electron chi connectivity index (χ3n) is 7.13. The largest absolute Gasteiger partial charge is 0.155 e. The van der Waals surface area contributed by atoms with Crippen LogP contribution < -0.4 is 0 Å². The van der Waals surface area contributed by atoms with Crippen LogP contribution in [0.5, 0.6) is 0 Å². The first-order chi connectivity index (χ1) is 17.9. The maximum Gasteiger partial charge on any atom is 0.136 e. The fraction of sp³-hybridized carbons (Fsp3) is 0.176. The SMILES string of the molecule is Cc1ccc(C#CC#CC23c4ccccc4C(C#C[Si](C)(C)C)(c4ccccc42)c2ccccc23)nn1. The summed E-state index contributed by atoms with van der Waals surface area (Å²) in [6.45, 7) is 8.83. The Morgan fingerprint density at radius 2 is 1.03 bits per heavy atom. The highest BCUT2D eigenvalue weighted by Crippen LogP contribution is 2.61. The lowest BCUT2D eigenvalue weighted by molar-refractivity contribution is 0.606. The van der Waals surface area contributed by atoms with Crippen LogP contribution in [0.3, 0.4) is 0 Å². The van der Waals surface area contributed by atoms with Gasteiger partial charge < -0.3 is 0 Å². The summed E-state index contributed by atoms with van der Waals surface area (Å²) >= 11 is 0. The Morgan fingerprint density at radius 1 is 0.568 bits per heavy atom. The van der Waals surface area contributed by atoms with E-state index >= 15 is 0 Å². The van der Waals surface area contributed by atoms with Gasteiger partial charge in [-0.05, 0) is 70.2 Å². The van der Waals surface area contributed by atoms with Gasteiger partial charge >= 0.3 is 0 Å². The molecule has 37 heavy (non-hydrogen) atoms. The van der Waals surface area contributed by atoms with E-state index in [4.69, 9.17) is 0 Å². The molecule has 0 saturated heterocycles. The highest BCUT2D eigenvalue weighted by molar-refractivity contribution is 6.83. The monoisotopic (exact) mass is 490 g/mol. The van der Waals surface area contributed by atoms with Gasteiger partial charge in [-0.25, -0.2) is 0 Å². The summed E-state index contributed by atoms with van der Waals surface area (Å²) in [5, 5.41) is 8.27. The summed E-state index contributed by atoms with van der Waals surface area (Å²) in [5.41, 5.74) is 11.3. The van der Waals surface area contributed by atoms with Gasteiger partial charge in [-0.3, -0.25) is 0 Å². The molecule has 0 spiro atoms. The number of aromatic nitrogens is 2. The molecule has 4 aromatic rings. The van der Waals surface area contributed by atoms with Crippen LogP contribution in [0.4, 0.5) is 0 Å². The Bertz CT molecular complexity index is 1620. The lowest BCUT2D eigenvalue weighted by Gasteiger charge is -2.52. The molecule has 0 atom stereocenters. The maximum absolute atomic E-state index is 4.16. The van der Waals surface area contributed by atoms with Crippen molar-refractivity contribution in [3.05, 3.63) is 130 Å². The highest BCUT2D eigenvalue weighted by atomic mass is 28.3. The van der Waals surface area contributed by atoms with Crippen molar-refractivity contribution in [3.8, 4) is 35.1 Å². The molecule has 0 unspecified atom stereocenters. The van der Waals surface area contributed by atoms with E-state index in [1.54, 1.807) is 0 Å². The molecule has 0 fully saturated rings. The molecule has 3 heteroatoms. The van der Waals surface area contributed by atoms with Crippen LogP contribution in [0.2, 0.25) is 19.6 Å². The minimum absolute atomic E-state index is 0.517. The number of hydrogen-bond acceptors (Lipinski definition) is 2. The van der Waals surface area contributed by atoms with Crippen LogP contribution in [0.15, 0.2) is 84.9 Å². The van der Waals surface area contributed by atoms with E-state index in [2.05, 4.69) is 138 Å². The van der Waals surface area contributed by atoms with Crippen LogP contribution in [-0.4, -0.2) is 18.3 Å². The number of benzene rings is 3. The molecule has 3 aliphatic rings. The van der Waals surface area contributed by atoms with Gasteiger partial charge in [-0.15, -0.1) is 10.6 Å². The molecule has 2 nitrogen and oxygen atoms in total. The minimum atomic E-state index is -1.65. The molecule has 1 aromatic heterocycles. The Morgan fingerprint density at radius 3 is 1.43 bits per heavy atom. The Hall–Kier alpha value is -4.36. The number of hydrogen-bond donors (Lipinski definition) is 0. The van der Waals surface area contributed by atoms with E-state index < -0.39 is 18.9 Å². The average molecular weight is 491 g/mol. The van der Waals surface area contributed by atoms with Crippen molar-refractivity contribution in [1.82, 2.24) is 10.2 Å². The molecule has 3 aromatic carbocycles. The fourth-order valence-electron chi connectivity index (χ4n) is 5.65. The van der Waals surface area contributed by atoms with Gasteiger partial charge in [0.25, 0.3) is 0 Å². The molecule has 0 N–H and O–H groups in total. The van der Waals surface area contributed by atoms with Crippen molar-refractivity contribution in [2.75, 3.05) is 0 Å². The minimum Gasteiger partial charge on any atom is -0.155 e. The quantitative estimate of drug-likeness (QED) is 0.223. The van der Waals surface area contributed by atoms with Crippen molar-refractivity contribution in [3.63, 3.8) is 0 Å². The lowest BCUT2D eigenvalue weighted by Crippen LogP contribution is -2.50. The van der Waals surface area contributed by atoms with Gasteiger partial charge in [0.05, 0.1) is 5.69 Å². The zero-order valence-electron chi connectivity index (χ0n) is 21.5. The zero-order chi connectivity index (χ0) is 25.7. The van der Waals surface area contributed by atoms with Crippen molar-refractivity contribution >= 4 is 8.07 Å². The summed E-state index contributed by atoms with van der Waals surface area (Å²) in [4.78, 5) is 0. The molecule has 0 radical (unpaired) electrons. The van der Waals surface area contributed by atoms with Gasteiger partial charge in [0.1, 0.15) is 24.6 Å². The number of rotatable bonds is 0. The molecule has 7 rings (SSSR count). The van der Waals surface area contributed by atoms with Crippen LogP contribution in [-0.2, 0) is 10.8 Å². The summed E-state index contributed by atoms with van der Waals surface area (Å²) in [5.74, 6) is 16.9. The van der Waals surface area contributed by atoms with Crippen LogP contribution in [0, 0.1) is 42.1 Å². The first-order valence-corrected chi connectivity index (χ1v) is 16.0. The Balaban J connectivity index is 1.67. The number of aryl methyl sites for hydroxylation is 1. The predicted octanol–water partition coefficient (Wildman–Crippen LogP) is 6.02. The van der Waals surface area contributed by atoms with E-state index in [9.17, 15) is 0 Å². The standard InChI is InChI=1S/C34H26N2Si/c1-25-20-21-26(36-35-25)13-11-12-22-33-27-14-5-8-17-30(27)34(23-24-37(2,3)4,31-18-9-6-15-28(31)33)32-19-10-7-16-29(32)33/h5-10,14-21H,1-4H3. The molecule has 1 heterocycles. The summed E-state index contributed by atoms with van der Waals surface area (Å²) in [7, 11) is -1.65. The zero-order valence-corrected chi connectivity index (χ0v) is 22.5. The first kappa shape index (κ1) is 23.1. The Labute approximate surface area is 220 Å². The second-order valence-electron chi connectivity index (χ2n) is 10.7. The third kappa shape index (κ3) is 3.46. The molecular formula is C34H26N2Si. The van der Waals surface area contributed by atoms with E-state index in [1.807, 2.05) is 19.1 Å². The maximum atomic E-state index is 4.16. The average Bonchev–Trinajstić information content (AvgIpc) is 2.91. The van der Waals surface area contributed by atoms with Crippen LogP contribution in [0.25, 0.3) is 0 Å². The summed E-state index contributed by atoms with van der Waals surface area (Å²) < 4.78 is 0. The molecular weight excluding hydrogens is 464 g/mol. The van der Waals surface area contributed by atoms with Crippen LogP contribution >= 0.6 is 0 Å². The third-order valence-corrected chi connectivity index (χ3v) is 8.01. The fourth-order valence-corrected chi connectivity index (χ4v) is 6.22. The van der Waals surface area contributed by atoms with Gasteiger partial charge in [0.15, 0.2) is 0 Å². The first-order valence-electron chi connectivity index (χ1n) is 12.5. The summed E-state index contributed by atoms with van der Waals surface area (Å²) in [6.07, 6.45) is 0. The lowest BCUT2D eigenvalue weighted by atomic mass is 9.47. The van der Waals surface area contributed by atoms with E-state index in [1.165, 1.54) is 33.4 Å². The van der Waals surface area contributed by atoms with Crippen molar-refractivity contribution in [2.24, 2.45) is 0 Å². The molecule has 176 valence electrons.